The van der Waals surface area contributed by atoms with Gasteiger partial charge in [-0.3, -0.25) is 0 Å². The molecule has 0 bridgehead atoms. The van der Waals surface area contributed by atoms with Crippen LogP contribution in [-0.2, 0) is 9.47 Å². The summed E-state index contributed by atoms with van der Waals surface area (Å²) in [6.45, 7) is 7.71. The van der Waals surface area contributed by atoms with Crippen LogP contribution in [-0.4, -0.2) is 33.2 Å². The van der Waals surface area contributed by atoms with Gasteiger partial charge in [0.2, 0.25) is 0 Å². The molecule has 5 heteroatoms. The Bertz CT molecular complexity index is 409. The summed E-state index contributed by atoms with van der Waals surface area (Å²) < 4.78 is 30.3. The summed E-state index contributed by atoms with van der Waals surface area (Å²) in [7, 11) is 1.57. The van der Waals surface area contributed by atoms with E-state index in [1.54, 1.807) is 13.2 Å². The molecule has 0 aliphatic rings. The Morgan fingerprint density at radius 1 is 1.14 bits per heavy atom. The molecule has 4 nitrogen and oxygen atoms in total. The van der Waals surface area contributed by atoms with Crippen LogP contribution >= 0.6 is 0 Å². The molecule has 0 spiro atoms. The fourth-order valence-electron chi connectivity index (χ4n) is 2.17. The van der Waals surface area contributed by atoms with E-state index in [2.05, 4.69) is 12.2 Å². The van der Waals surface area contributed by atoms with Gasteiger partial charge in [0.1, 0.15) is 11.6 Å². The van der Waals surface area contributed by atoms with Crippen LogP contribution in [0.1, 0.15) is 38.8 Å². The molecule has 120 valence electrons. The Kier molecular flexibility index (Phi) is 8.27. The smallest absolute Gasteiger partial charge is 0.176 e. The molecule has 1 atom stereocenters. The van der Waals surface area contributed by atoms with E-state index in [0.29, 0.717) is 24.5 Å². The van der Waals surface area contributed by atoms with Gasteiger partial charge < -0.3 is 19.5 Å². The third kappa shape index (κ3) is 5.26. The molecular weight excluding hydrogens is 273 g/mol. The molecule has 0 aliphatic carbocycles. The van der Waals surface area contributed by atoms with Crippen LogP contribution in [0.4, 0.5) is 4.39 Å². The lowest BCUT2D eigenvalue weighted by Gasteiger charge is -2.29. The maximum atomic E-state index is 13.6. The summed E-state index contributed by atoms with van der Waals surface area (Å²) in [5.41, 5.74) is 0.706. The first-order valence-electron chi connectivity index (χ1n) is 7.47. The maximum absolute atomic E-state index is 13.6. The number of benzene rings is 1. The first kappa shape index (κ1) is 17.9. The summed E-state index contributed by atoms with van der Waals surface area (Å²) in [4.78, 5) is 0. The quantitative estimate of drug-likeness (QED) is 0.673. The van der Waals surface area contributed by atoms with Crippen molar-refractivity contribution >= 4 is 0 Å². The molecule has 1 N–H and O–H groups in total. The van der Waals surface area contributed by atoms with E-state index in [-0.39, 0.29) is 11.9 Å². The SMILES string of the molecule is CCCNC(c1cc(F)ccc1OC)C(OCC)OCC. The lowest BCUT2D eigenvalue weighted by atomic mass is 10.0. The number of halogens is 1. The zero-order valence-electron chi connectivity index (χ0n) is 13.3. The highest BCUT2D eigenvalue weighted by molar-refractivity contribution is 5.37. The molecule has 1 aromatic rings. The molecule has 0 radical (unpaired) electrons. The second-order valence-electron chi connectivity index (χ2n) is 4.60. The van der Waals surface area contributed by atoms with E-state index in [0.717, 1.165) is 13.0 Å². The van der Waals surface area contributed by atoms with Gasteiger partial charge in [-0.2, -0.15) is 0 Å². The Hall–Kier alpha value is -1.17. The van der Waals surface area contributed by atoms with Gasteiger partial charge in [-0.1, -0.05) is 6.92 Å². The first-order chi connectivity index (χ1) is 10.2. The lowest BCUT2D eigenvalue weighted by molar-refractivity contribution is -0.155. The fourth-order valence-corrected chi connectivity index (χ4v) is 2.17. The molecule has 1 aromatic carbocycles. The molecule has 0 amide bonds. The lowest BCUT2D eigenvalue weighted by Crippen LogP contribution is -2.36. The van der Waals surface area contributed by atoms with Gasteiger partial charge in [-0.05, 0) is 45.0 Å². The summed E-state index contributed by atoms with van der Waals surface area (Å²) in [5, 5.41) is 3.36. The summed E-state index contributed by atoms with van der Waals surface area (Å²) in [6.07, 6.45) is 0.473. The monoisotopic (exact) mass is 299 g/mol. The van der Waals surface area contributed by atoms with Crippen molar-refractivity contribution in [3.05, 3.63) is 29.6 Å². The highest BCUT2D eigenvalue weighted by Crippen LogP contribution is 2.30. The van der Waals surface area contributed by atoms with Crippen molar-refractivity contribution in [2.45, 2.75) is 39.5 Å². The second kappa shape index (κ2) is 9.71. The molecule has 0 fully saturated rings. The third-order valence-corrected chi connectivity index (χ3v) is 3.08. The molecule has 1 rings (SSSR count). The van der Waals surface area contributed by atoms with Crippen LogP contribution in [0.3, 0.4) is 0 Å². The van der Waals surface area contributed by atoms with Crippen molar-refractivity contribution in [3.8, 4) is 5.75 Å². The third-order valence-electron chi connectivity index (χ3n) is 3.08. The normalized spacial score (nSPS) is 12.7. The van der Waals surface area contributed by atoms with Crippen molar-refractivity contribution in [3.63, 3.8) is 0 Å². The Morgan fingerprint density at radius 2 is 1.81 bits per heavy atom. The van der Waals surface area contributed by atoms with Crippen LogP contribution in [0.5, 0.6) is 5.75 Å². The van der Waals surface area contributed by atoms with Gasteiger partial charge in [0.05, 0.1) is 13.2 Å². The zero-order valence-corrected chi connectivity index (χ0v) is 13.3. The fraction of sp³-hybridized carbons (Fsp3) is 0.625. The Morgan fingerprint density at radius 3 is 2.33 bits per heavy atom. The van der Waals surface area contributed by atoms with Gasteiger partial charge in [-0.25, -0.2) is 4.39 Å². The minimum absolute atomic E-state index is 0.282. The van der Waals surface area contributed by atoms with Crippen LogP contribution in [0.25, 0.3) is 0 Å². The number of ether oxygens (including phenoxy) is 3. The molecule has 0 aromatic heterocycles. The van der Waals surface area contributed by atoms with E-state index >= 15 is 0 Å². The van der Waals surface area contributed by atoms with E-state index in [9.17, 15) is 4.39 Å². The van der Waals surface area contributed by atoms with Crippen LogP contribution in [0.2, 0.25) is 0 Å². The maximum Gasteiger partial charge on any atom is 0.176 e. The van der Waals surface area contributed by atoms with Gasteiger partial charge >= 0.3 is 0 Å². The largest absolute Gasteiger partial charge is 0.496 e. The molecular formula is C16H26FNO3. The van der Waals surface area contributed by atoms with Crippen molar-refractivity contribution < 1.29 is 18.6 Å². The Labute approximate surface area is 126 Å². The highest BCUT2D eigenvalue weighted by Gasteiger charge is 2.27. The molecule has 0 saturated heterocycles. The summed E-state index contributed by atoms with van der Waals surface area (Å²) in [6, 6.07) is 4.20. The van der Waals surface area contributed by atoms with Crippen LogP contribution < -0.4 is 10.1 Å². The molecule has 0 saturated carbocycles. The van der Waals surface area contributed by atoms with Crippen molar-refractivity contribution in [1.29, 1.82) is 0 Å². The van der Waals surface area contributed by atoms with Gasteiger partial charge in [-0.15, -0.1) is 0 Å². The highest BCUT2D eigenvalue weighted by atomic mass is 19.1. The number of hydrogen-bond acceptors (Lipinski definition) is 4. The van der Waals surface area contributed by atoms with E-state index in [1.165, 1.54) is 12.1 Å². The molecule has 0 heterocycles. The summed E-state index contributed by atoms with van der Waals surface area (Å²) in [5.74, 6) is 0.315. The van der Waals surface area contributed by atoms with Gasteiger partial charge in [0, 0.05) is 18.8 Å². The van der Waals surface area contributed by atoms with Gasteiger partial charge in [0.25, 0.3) is 0 Å². The van der Waals surface area contributed by atoms with Gasteiger partial charge in [0.15, 0.2) is 6.29 Å². The number of nitrogens with one attached hydrogen (secondary N) is 1. The van der Waals surface area contributed by atoms with Crippen LogP contribution in [0, 0.1) is 5.82 Å². The molecule has 1 unspecified atom stereocenters. The minimum Gasteiger partial charge on any atom is -0.496 e. The minimum atomic E-state index is -0.484. The second-order valence-corrected chi connectivity index (χ2v) is 4.60. The van der Waals surface area contributed by atoms with E-state index in [4.69, 9.17) is 14.2 Å². The molecule has 21 heavy (non-hydrogen) atoms. The Balaban J connectivity index is 3.12. The predicted octanol–water partition coefficient (Wildman–Crippen LogP) is 3.27. The number of hydrogen-bond donors (Lipinski definition) is 1. The van der Waals surface area contributed by atoms with E-state index < -0.39 is 6.29 Å². The summed E-state index contributed by atoms with van der Waals surface area (Å²) >= 11 is 0. The average molecular weight is 299 g/mol. The topological polar surface area (TPSA) is 39.7 Å². The van der Waals surface area contributed by atoms with Crippen molar-refractivity contribution in [2.75, 3.05) is 26.9 Å². The van der Waals surface area contributed by atoms with Crippen molar-refractivity contribution in [2.24, 2.45) is 0 Å². The van der Waals surface area contributed by atoms with Crippen molar-refractivity contribution in [1.82, 2.24) is 5.32 Å². The predicted molar refractivity (Wildman–Crippen MR) is 81.0 cm³/mol. The van der Waals surface area contributed by atoms with E-state index in [1.807, 2.05) is 13.8 Å². The number of methoxy groups -OCH3 is 1. The van der Waals surface area contributed by atoms with Crippen LogP contribution in [0.15, 0.2) is 18.2 Å². The molecule has 0 aliphatic heterocycles. The average Bonchev–Trinajstić information content (AvgIpc) is 2.48. The standard InChI is InChI=1S/C16H26FNO3/c1-5-10-18-15(16(20-6-2)21-7-3)13-11-12(17)8-9-14(13)19-4/h8-9,11,15-16,18H,5-7,10H2,1-4H3. The first-order valence-corrected chi connectivity index (χ1v) is 7.47. The zero-order chi connectivity index (χ0) is 15.7. The number of rotatable bonds is 10.